The number of carbonyl (C=O) groups is 1. The van der Waals surface area contributed by atoms with Crippen LogP contribution in [0.4, 0.5) is 0 Å². The molecule has 4 aliphatic carbocycles. The van der Waals surface area contributed by atoms with E-state index in [1.54, 1.807) is 49.4 Å². The van der Waals surface area contributed by atoms with Gasteiger partial charge in [0.05, 0.1) is 12.0 Å². The fraction of sp³-hybridized carbons (Fsp3) is 0.625. The highest BCUT2D eigenvalue weighted by molar-refractivity contribution is 5.80. The summed E-state index contributed by atoms with van der Waals surface area (Å²) in [6, 6.07) is 12.1. The normalized spacial score (nSPS) is 29.4. The molecule has 1 heterocycles. The first-order valence-corrected chi connectivity index (χ1v) is 21.4. The Labute approximate surface area is 328 Å². The van der Waals surface area contributed by atoms with Gasteiger partial charge in [-0.1, -0.05) is 65.5 Å². The van der Waals surface area contributed by atoms with Crippen molar-refractivity contribution in [1.29, 1.82) is 0 Å². The van der Waals surface area contributed by atoms with Gasteiger partial charge in [0.1, 0.15) is 34.7 Å². The molecule has 7 nitrogen and oxygen atoms in total. The molecule has 0 amide bonds. The first-order chi connectivity index (χ1) is 26.4. The van der Waals surface area contributed by atoms with Gasteiger partial charge in [0.15, 0.2) is 6.61 Å². The molecule has 3 saturated carbocycles. The van der Waals surface area contributed by atoms with E-state index >= 15 is 0 Å². The van der Waals surface area contributed by atoms with Gasteiger partial charge >= 0.3 is 5.97 Å². The molecule has 2 aromatic carbocycles. The van der Waals surface area contributed by atoms with Gasteiger partial charge in [-0.2, -0.15) is 0 Å². The lowest BCUT2D eigenvalue weighted by Gasteiger charge is -2.61. The largest absolute Gasteiger partial charge is 0.494 e. The number of rotatable bonds is 13. The molecule has 3 aromatic rings. The summed E-state index contributed by atoms with van der Waals surface area (Å²) < 4.78 is 29.3. The lowest BCUT2D eigenvalue weighted by molar-refractivity contribution is -0.154. The number of carbonyl (C=O) groups excluding carboxylic acids is 1. The van der Waals surface area contributed by atoms with Crippen LogP contribution in [-0.2, 0) is 9.53 Å². The minimum Gasteiger partial charge on any atom is -0.494 e. The summed E-state index contributed by atoms with van der Waals surface area (Å²) in [5, 5.41) is 0.368. The number of hydrogen-bond donors (Lipinski definition) is 0. The SMILES string of the molecule is CCOc1ccc(Oc2c(C)oc3cc(OCC(=O)O[C@@H]4CC[C@@]5(C)C(=CC[C@@H]6[C@@H]7CC[C@H]([C@@H](C)CCCC(C)C)C[C@@]7(C)CC[C@@H]65)C4)ccc3c2=O)cc1. The van der Waals surface area contributed by atoms with E-state index in [1.807, 2.05) is 6.92 Å². The molecule has 0 radical (unpaired) electrons. The summed E-state index contributed by atoms with van der Waals surface area (Å²) in [6.07, 6.45) is 17.5. The highest BCUT2D eigenvalue weighted by Crippen LogP contribution is 2.65. The van der Waals surface area contributed by atoms with Crippen LogP contribution in [0.1, 0.15) is 124 Å². The van der Waals surface area contributed by atoms with E-state index in [9.17, 15) is 9.59 Å². The predicted octanol–water partition coefficient (Wildman–Crippen LogP) is 12.0. The topological polar surface area (TPSA) is 84.2 Å². The second-order valence-corrected chi connectivity index (χ2v) is 18.4. The van der Waals surface area contributed by atoms with E-state index in [-0.39, 0.29) is 35.3 Å². The minimum absolute atomic E-state index is 0.125. The molecular formula is C48H64O7. The lowest BCUT2D eigenvalue weighted by atomic mass is 9.44. The van der Waals surface area contributed by atoms with Crippen molar-refractivity contribution in [2.24, 2.45) is 46.3 Å². The van der Waals surface area contributed by atoms with Crippen molar-refractivity contribution in [3.05, 3.63) is 70.1 Å². The van der Waals surface area contributed by atoms with E-state index in [0.29, 0.717) is 40.3 Å². The Morgan fingerprint density at radius 3 is 2.44 bits per heavy atom. The molecule has 7 rings (SSSR count). The van der Waals surface area contributed by atoms with Crippen LogP contribution in [0.3, 0.4) is 0 Å². The van der Waals surface area contributed by atoms with Crippen molar-refractivity contribution in [1.82, 2.24) is 0 Å². The number of fused-ring (bicyclic) bond motifs is 6. The van der Waals surface area contributed by atoms with Gasteiger partial charge in [-0.15, -0.1) is 0 Å². The third-order valence-electron chi connectivity index (χ3n) is 14.4. The Morgan fingerprint density at radius 2 is 1.67 bits per heavy atom. The van der Waals surface area contributed by atoms with Crippen LogP contribution in [0.25, 0.3) is 11.0 Å². The zero-order valence-corrected chi connectivity index (χ0v) is 34.4. The second-order valence-electron chi connectivity index (χ2n) is 18.4. The molecular weight excluding hydrogens is 689 g/mol. The van der Waals surface area contributed by atoms with Crippen LogP contribution in [0.5, 0.6) is 23.0 Å². The first-order valence-electron chi connectivity index (χ1n) is 21.4. The monoisotopic (exact) mass is 752 g/mol. The smallest absolute Gasteiger partial charge is 0.344 e. The summed E-state index contributed by atoms with van der Waals surface area (Å²) in [5.41, 5.74) is 2.29. The quantitative estimate of drug-likeness (QED) is 0.127. The van der Waals surface area contributed by atoms with Gasteiger partial charge in [0, 0.05) is 12.5 Å². The average molecular weight is 753 g/mol. The van der Waals surface area contributed by atoms with E-state index in [2.05, 4.69) is 40.7 Å². The molecule has 4 aliphatic rings. The Bertz CT molecular complexity index is 1910. The third-order valence-corrected chi connectivity index (χ3v) is 14.4. The standard InChI is InChI=1S/C48H64O7/c1-8-51-35-14-16-36(17-15-35)55-46-32(5)53-43-27-37(18-20-40(43)45(46)50)52-29-44(49)54-38-22-25-48(7)34(26-38)13-19-39-41-21-12-33(31(4)11-9-10-30(2)3)28-47(41,6)24-23-42(39)48/h13-18,20,27,30-31,33,38-39,41-42H,8-12,19,21-26,28-29H2,1-7H3/t31-,33-,38+,39+,41-,42-,47+,48-/m0/s1. The maximum atomic E-state index is 13.3. The highest BCUT2D eigenvalue weighted by atomic mass is 16.6. The molecule has 0 N–H and O–H groups in total. The van der Waals surface area contributed by atoms with Crippen molar-refractivity contribution in [3.8, 4) is 23.0 Å². The van der Waals surface area contributed by atoms with Crippen LogP contribution in [-0.4, -0.2) is 25.3 Å². The molecule has 0 aliphatic heterocycles. The Morgan fingerprint density at radius 1 is 0.909 bits per heavy atom. The third kappa shape index (κ3) is 8.37. The number of hydrogen-bond acceptors (Lipinski definition) is 7. The summed E-state index contributed by atoms with van der Waals surface area (Å²) in [4.78, 5) is 26.4. The van der Waals surface area contributed by atoms with Crippen molar-refractivity contribution >= 4 is 16.9 Å². The number of benzene rings is 2. The van der Waals surface area contributed by atoms with Gasteiger partial charge in [-0.05, 0) is 148 Å². The number of esters is 1. The van der Waals surface area contributed by atoms with E-state index in [1.165, 1.54) is 63.4 Å². The zero-order chi connectivity index (χ0) is 38.9. The van der Waals surface area contributed by atoms with Gasteiger partial charge in [-0.3, -0.25) is 4.79 Å². The van der Waals surface area contributed by atoms with Gasteiger partial charge in [0.2, 0.25) is 11.2 Å². The van der Waals surface area contributed by atoms with Crippen LogP contribution >= 0.6 is 0 Å². The van der Waals surface area contributed by atoms with Gasteiger partial charge < -0.3 is 23.4 Å². The van der Waals surface area contributed by atoms with Crippen LogP contribution in [0.2, 0.25) is 0 Å². The summed E-state index contributed by atoms with van der Waals surface area (Å²) in [5.74, 6) is 6.67. The highest BCUT2D eigenvalue weighted by Gasteiger charge is 2.56. The minimum atomic E-state index is -0.372. The molecule has 3 fully saturated rings. The summed E-state index contributed by atoms with van der Waals surface area (Å²) >= 11 is 0. The second kappa shape index (κ2) is 16.4. The molecule has 0 unspecified atom stereocenters. The van der Waals surface area contributed by atoms with Gasteiger partial charge in [-0.25, -0.2) is 4.79 Å². The Kier molecular flexibility index (Phi) is 11.8. The Hall–Kier alpha value is -3.74. The summed E-state index contributed by atoms with van der Waals surface area (Å²) in [7, 11) is 0. The lowest BCUT2D eigenvalue weighted by Crippen LogP contribution is -2.52. The maximum absolute atomic E-state index is 13.3. The van der Waals surface area contributed by atoms with Crippen LogP contribution in [0.15, 0.2) is 63.3 Å². The van der Waals surface area contributed by atoms with Crippen molar-refractivity contribution in [2.75, 3.05) is 13.2 Å². The van der Waals surface area contributed by atoms with E-state index in [0.717, 1.165) is 60.5 Å². The molecule has 0 spiro atoms. The zero-order valence-electron chi connectivity index (χ0n) is 34.4. The first kappa shape index (κ1) is 39.5. The van der Waals surface area contributed by atoms with Gasteiger partial charge in [0.25, 0.3) is 0 Å². The Balaban J connectivity index is 0.925. The molecule has 1 aromatic heterocycles. The van der Waals surface area contributed by atoms with E-state index in [4.69, 9.17) is 23.4 Å². The van der Waals surface area contributed by atoms with Crippen LogP contribution in [0, 0.1) is 53.3 Å². The number of ether oxygens (including phenoxy) is 4. The van der Waals surface area contributed by atoms with E-state index < -0.39 is 0 Å². The number of aryl methyl sites for hydroxylation is 1. The maximum Gasteiger partial charge on any atom is 0.344 e. The molecule has 298 valence electrons. The number of allylic oxidation sites excluding steroid dienone is 1. The molecule has 0 saturated heterocycles. The summed E-state index contributed by atoms with van der Waals surface area (Å²) in [6.45, 7) is 16.4. The van der Waals surface area contributed by atoms with Crippen molar-refractivity contribution in [3.63, 3.8) is 0 Å². The molecule has 8 atom stereocenters. The molecule has 55 heavy (non-hydrogen) atoms. The molecule has 0 bridgehead atoms. The van der Waals surface area contributed by atoms with Crippen molar-refractivity contribution in [2.45, 2.75) is 132 Å². The van der Waals surface area contributed by atoms with Crippen LogP contribution < -0.4 is 19.6 Å². The predicted molar refractivity (Wildman–Crippen MR) is 218 cm³/mol. The molecule has 7 heteroatoms. The fourth-order valence-corrected chi connectivity index (χ4v) is 11.3. The average Bonchev–Trinajstić information content (AvgIpc) is 3.15. The fourth-order valence-electron chi connectivity index (χ4n) is 11.3. The van der Waals surface area contributed by atoms with Crippen molar-refractivity contribution < 1.29 is 28.2 Å².